The van der Waals surface area contributed by atoms with Gasteiger partial charge in [0.15, 0.2) is 0 Å². The summed E-state index contributed by atoms with van der Waals surface area (Å²) >= 11 is 0. The number of nitrogens with zero attached hydrogens (tertiary/aromatic N) is 4. The molecule has 3 fully saturated rings. The zero-order valence-electron chi connectivity index (χ0n) is 15.1. The number of hydrogen-bond donors (Lipinski definition) is 1. The number of rotatable bonds is 3. The van der Waals surface area contributed by atoms with E-state index in [9.17, 15) is 9.90 Å². The van der Waals surface area contributed by atoms with E-state index in [1.54, 1.807) is 18.5 Å². The molecule has 3 saturated heterocycles. The predicted molar refractivity (Wildman–Crippen MR) is 95.3 cm³/mol. The van der Waals surface area contributed by atoms with Crippen LogP contribution in [0.4, 0.5) is 0 Å². The molecule has 1 N–H and O–H groups in total. The lowest BCUT2D eigenvalue weighted by atomic mass is 9.83. The molecule has 1 aromatic rings. The first-order valence-electron chi connectivity index (χ1n) is 9.33. The monoisotopic (exact) mass is 344 g/mol. The number of β-amino-alcohol motifs (C(OH)–C–C–N with tert-alkyl or cyclic N) is 1. The van der Waals surface area contributed by atoms with Gasteiger partial charge in [0.2, 0.25) is 0 Å². The average Bonchev–Trinajstić information content (AvgIpc) is 2.92. The minimum absolute atomic E-state index is 0.00710. The smallest absolute Gasteiger partial charge is 0.255 e. The van der Waals surface area contributed by atoms with E-state index in [4.69, 9.17) is 0 Å². The molecular formula is C19H28N4O2. The van der Waals surface area contributed by atoms with Crippen LogP contribution in [0.3, 0.4) is 0 Å². The topological polar surface area (TPSA) is 59.9 Å². The van der Waals surface area contributed by atoms with Crippen molar-refractivity contribution in [2.45, 2.75) is 38.0 Å². The van der Waals surface area contributed by atoms with E-state index in [1.807, 2.05) is 11.0 Å². The minimum atomic E-state index is -0.232. The van der Waals surface area contributed by atoms with Gasteiger partial charge in [0.25, 0.3) is 5.91 Å². The van der Waals surface area contributed by atoms with E-state index in [1.165, 1.54) is 0 Å². The number of fused-ring (bicyclic) bond motifs is 2. The van der Waals surface area contributed by atoms with Gasteiger partial charge in [-0.1, -0.05) is 13.8 Å². The van der Waals surface area contributed by atoms with Crippen LogP contribution >= 0.6 is 0 Å². The molecule has 4 heterocycles. The Bertz CT molecular complexity index is 630. The Kier molecular flexibility index (Phi) is 4.30. The number of aromatic nitrogens is 1. The number of pyridine rings is 1. The molecule has 3 aliphatic heterocycles. The average molecular weight is 344 g/mol. The highest BCUT2D eigenvalue weighted by atomic mass is 16.3. The van der Waals surface area contributed by atoms with Crippen LogP contribution in [0.5, 0.6) is 0 Å². The molecule has 3 aliphatic rings. The van der Waals surface area contributed by atoms with E-state index < -0.39 is 0 Å². The van der Waals surface area contributed by atoms with Crippen LogP contribution in [0.1, 0.15) is 30.6 Å². The Morgan fingerprint density at radius 2 is 2.16 bits per heavy atom. The molecule has 0 radical (unpaired) electrons. The van der Waals surface area contributed by atoms with Crippen LogP contribution in [0.2, 0.25) is 0 Å². The highest BCUT2D eigenvalue weighted by Gasteiger charge is 2.57. The number of carbonyl (C=O) groups is 1. The summed E-state index contributed by atoms with van der Waals surface area (Å²) in [6, 6.07) is 4.05. The molecule has 0 bridgehead atoms. The number of carbonyl (C=O) groups excluding carboxylic acids is 1. The Morgan fingerprint density at radius 3 is 2.84 bits per heavy atom. The Labute approximate surface area is 149 Å². The fourth-order valence-electron chi connectivity index (χ4n) is 4.93. The van der Waals surface area contributed by atoms with Crippen molar-refractivity contribution in [3.05, 3.63) is 30.1 Å². The summed E-state index contributed by atoms with van der Waals surface area (Å²) in [5, 5.41) is 10.2. The second-order valence-electron chi connectivity index (χ2n) is 8.41. The second-order valence-corrected chi connectivity index (χ2v) is 8.41. The van der Waals surface area contributed by atoms with Gasteiger partial charge in [-0.05, 0) is 24.5 Å². The van der Waals surface area contributed by atoms with Crippen LogP contribution in [-0.4, -0.2) is 87.7 Å². The third-order valence-corrected chi connectivity index (χ3v) is 5.78. The zero-order chi connectivity index (χ0) is 17.6. The molecule has 6 heteroatoms. The van der Waals surface area contributed by atoms with Gasteiger partial charge in [-0.2, -0.15) is 0 Å². The summed E-state index contributed by atoms with van der Waals surface area (Å²) in [6.07, 6.45) is 3.95. The van der Waals surface area contributed by atoms with Crippen molar-refractivity contribution in [3.8, 4) is 0 Å². The first-order chi connectivity index (χ1) is 12.0. The van der Waals surface area contributed by atoms with Crippen LogP contribution in [0.15, 0.2) is 24.5 Å². The fraction of sp³-hybridized carbons (Fsp3) is 0.684. The second kappa shape index (κ2) is 6.34. The first kappa shape index (κ1) is 16.9. The summed E-state index contributed by atoms with van der Waals surface area (Å²) < 4.78 is 0. The first-order valence-corrected chi connectivity index (χ1v) is 9.33. The van der Waals surface area contributed by atoms with Crippen molar-refractivity contribution in [3.63, 3.8) is 0 Å². The quantitative estimate of drug-likeness (QED) is 0.874. The third kappa shape index (κ3) is 3.07. The number of amides is 1. The van der Waals surface area contributed by atoms with Gasteiger partial charge in [-0.15, -0.1) is 0 Å². The lowest BCUT2D eigenvalue weighted by molar-refractivity contribution is -0.102. The molecule has 2 atom stereocenters. The van der Waals surface area contributed by atoms with Crippen molar-refractivity contribution in [1.29, 1.82) is 0 Å². The molecular weight excluding hydrogens is 316 g/mol. The van der Waals surface area contributed by atoms with Crippen molar-refractivity contribution < 1.29 is 9.90 Å². The lowest BCUT2D eigenvalue weighted by Crippen LogP contribution is -2.78. The van der Waals surface area contributed by atoms with Crippen molar-refractivity contribution in [1.82, 2.24) is 19.7 Å². The Hall–Kier alpha value is -1.50. The summed E-state index contributed by atoms with van der Waals surface area (Å²) in [5.74, 6) is 0.694. The molecule has 6 nitrogen and oxygen atoms in total. The van der Waals surface area contributed by atoms with Gasteiger partial charge >= 0.3 is 0 Å². The number of likely N-dealkylation sites (tertiary alicyclic amines) is 1. The van der Waals surface area contributed by atoms with Gasteiger partial charge < -0.3 is 10.0 Å². The lowest BCUT2D eigenvalue weighted by Gasteiger charge is -2.61. The van der Waals surface area contributed by atoms with Crippen LogP contribution in [0.25, 0.3) is 0 Å². The van der Waals surface area contributed by atoms with Crippen molar-refractivity contribution in [2.75, 3.05) is 39.3 Å². The van der Waals surface area contributed by atoms with Crippen molar-refractivity contribution in [2.24, 2.45) is 5.92 Å². The van der Waals surface area contributed by atoms with E-state index in [2.05, 4.69) is 28.6 Å². The maximum Gasteiger partial charge on any atom is 0.255 e. The molecule has 0 aromatic carbocycles. The number of piperazine rings is 1. The van der Waals surface area contributed by atoms with Crippen LogP contribution < -0.4 is 0 Å². The Morgan fingerprint density at radius 1 is 1.36 bits per heavy atom. The summed E-state index contributed by atoms with van der Waals surface area (Å²) in [7, 11) is 0. The fourth-order valence-corrected chi connectivity index (χ4v) is 4.93. The van der Waals surface area contributed by atoms with Gasteiger partial charge in [-0.3, -0.25) is 19.6 Å². The number of aliphatic hydroxyl groups excluding tert-OH is 1. The number of hydrogen-bond acceptors (Lipinski definition) is 5. The summed E-state index contributed by atoms with van der Waals surface area (Å²) in [4.78, 5) is 23.7. The summed E-state index contributed by atoms with van der Waals surface area (Å²) in [6.45, 7) is 9.85. The molecule has 136 valence electrons. The summed E-state index contributed by atoms with van der Waals surface area (Å²) in [5.41, 5.74) is 0.665. The standard InChI is InChI=1S/C19H28N4O2/c1-14(2)8-21-9-16-6-17(24)10-23(16)19(11-21)12-22(13-19)18(25)15-4-3-5-20-7-15/h3-5,7,14,16-17,24H,6,8-13H2,1-2H3/t16-,17-/m1/s1. The third-order valence-electron chi connectivity index (χ3n) is 5.78. The molecule has 0 saturated carbocycles. The van der Waals surface area contributed by atoms with Crippen LogP contribution in [0, 0.1) is 5.92 Å². The maximum absolute atomic E-state index is 12.7. The highest BCUT2D eigenvalue weighted by Crippen LogP contribution is 2.39. The molecule has 1 aromatic heterocycles. The molecule has 0 aliphatic carbocycles. The largest absolute Gasteiger partial charge is 0.392 e. The molecule has 0 unspecified atom stereocenters. The van der Waals surface area contributed by atoms with Crippen molar-refractivity contribution >= 4 is 5.91 Å². The predicted octanol–water partition coefficient (Wildman–Crippen LogP) is 0.683. The molecule has 1 amide bonds. The minimum Gasteiger partial charge on any atom is -0.392 e. The van der Waals surface area contributed by atoms with Gasteiger partial charge in [0.1, 0.15) is 0 Å². The normalized spacial score (nSPS) is 29.0. The molecule has 25 heavy (non-hydrogen) atoms. The number of aliphatic hydroxyl groups is 1. The van der Waals surface area contributed by atoms with E-state index in [-0.39, 0.29) is 17.6 Å². The van der Waals surface area contributed by atoms with Gasteiger partial charge in [-0.25, -0.2) is 0 Å². The SMILES string of the molecule is CC(C)CN1C[C@H]2C[C@@H](O)CN2C2(C1)CN(C(=O)c1cccnc1)C2. The van der Waals surface area contributed by atoms with E-state index in [0.717, 1.165) is 45.7 Å². The Balaban J connectivity index is 1.49. The zero-order valence-corrected chi connectivity index (χ0v) is 15.1. The highest BCUT2D eigenvalue weighted by molar-refractivity contribution is 5.94. The molecule has 1 spiro atoms. The van der Waals surface area contributed by atoms with E-state index >= 15 is 0 Å². The van der Waals surface area contributed by atoms with E-state index in [0.29, 0.717) is 17.5 Å². The maximum atomic E-state index is 12.7. The van der Waals surface area contributed by atoms with Gasteiger partial charge in [0, 0.05) is 57.7 Å². The van der Waals surface area contributed by atoms with Crippen LogP contribution in [-0.2, 0) is 0 Å². The molecule has 4 rings (SSSR count). The van der Waals surface area contributed by atoms with Gasteiger partial charge in [0.05, 0.1) is 17.2 Å².